The zero-order valence-electron chi connectivity index (χ0n) is 13.1. The summed E-state index contributed by atoms with van der Waals surface area (Å²) in [6.07, 6.45) is 2.35. The summed E-state index contributed by atoms with van der Waals surface area (Å²) in [6.45, 7) is 1.53. The lowest BCUT2D eigenvalue weighted by atomic mass is 10.2. The molecule has 0 radical (unpaired) electrons. The lowest BCUT2D eigenvalue weighted by Gasteiger charge is -2.21. The van der Waals surface area contributed by atoms with Gasteiger partial charge in [-0.3, -0.25) is 9.59 Å². The van der Waals surface area contributed by atoms with Gasteiger partial charge in [-0.15, -0.1) is 0 Å². The summed E-state index contributed by atoms with van der Waals surface area (Å²) in [6, 6.07) is 9.35. The van der Waals surface area contributed by atoms with Gasteiger partial charge in [0.05, 0.1) is 25.7 Å². The van der Waals surface area contributed by atoms with E-state index in [9.17, 15) is 9.59 Å². The third-order valence-electron chi connectivity index (χ3n) is 3.68. The first kappa shape index (κ1) is 17.4. The number of amides is 1. The fourth-order valence-electron chi connectivity index (χ4n) is 2.51. The molecule has 1 N–H and O–H groups in total. The molecule has 6 heteroatoms. The van der Waals surface area contributed by atoms with Crippen molar-refractivity contribution in [2.24, 2.45) is 0 Å². The fraction of sp³-hybridized carbons (Fsp3) is 0.529. The van der Waals surface area contributed by atoms with Gasteiger partial charge in [0.1, 0.15) is 6.54 Å². The summed E-state index contributed by atoms with van der Waals surface area (Å²) in [5.41, 5.74) is 0.905. The third-order valence-corrected chi connectivity index (χ3v) is 3.68. The highest BCUT2D eigenvalue weighted by Crippen LogP contribution is 2.12. The molecule has 1 aromatic rings. The van der Waals surface area contributed by atoms with E-state index in [0.717, 1.165) is 25.0 Å². The predicted molar refractivity (Wildman–Crippen MR) is 83.9 cm³/mol. The summed E-state index contributed by atoms with van der Waals surface area (Å²) in [7, 11) is 0. The second-order valence-corrected chi connectivity index (χ2v) is 5.59. The van der Waals surface area contributed by atoms with Crippen LogP contribution in [0.25, 0.3) is 0 Å². The molecule has 1 saturated heterocycles. The Balaban J connectivity index is 1.77. The molecule has 1 aromatic carbocycles. The first-order valence-corrected chi connectivity index (χ1v) is 7.88. The highest BCUT2D eigenvalue weighted by Gasteiger charge is 2.18. The first-order chi connectivity index (χ1) is 11.1. The number of hydrogen-bond acceptors (Lipinski definition) is 4. The summed E-state index contributed by atoms with van der Waals surface area (Å²) in [4.78, 5) is 24.5. The van der Waals surface area contributed by atoms with Gasteiger partial charge in [0.25, 0.3) is 0 Å². The van der Waals surface area contributed by atoms with Crippen LogP contribution in [0.3, 0.4) is 0 Å². The molecule has 1 amide bonds. The Morgan fingerprint density at radius 3 is 2.74 bits per heavy atom. The van der Waals surface area contributed by atoms with Crippen LogP contribution in [-0.4, -0.2) is 54.4 Å². The molecule has 1 fully saturated rings. The molecule has 0 spiro atoms. The molecule has 1 aliphatic rings. The number of hydrogen-bond donors (Lipinski definition) is 1. The van der Waals surface area contributed by atoms with Crippen molar-refractivity contribution in [1.29, 1.82) is 0 Å². The van der Waals surface area contributed by atoms with Gasteiger partial charge in [0, 0.05) is 13.2 Å². The molecule has 1 unspecified atom stereocenters. The van der Waals surface area contributed by atoms with Gasteiger partial charge in [0.15, 0.2) is 0 Å². The number of benzene rings is 1. The van der Waals surface area contributed by atoms with E-state index in [0.29, 0.717) is 6.61 Å². The Morgan fingerprint density at radius 1 is 1.30 bits per heavy atom. The van der Waals surface area contributed by atoms with E-state index in [1.165, 1.54) is 4.90 Å². The fourth-order valence-corrected chi connectivity index (χ4v) is 2.51. The zero-order valence-corrected chi connectivity index (χ0v) is 13.1. The Labute approximate surface area is 136 Å². The van der Waals surface area contributed by atoms with Gasteiger partial charge in [0.2, 0.25) is 5.91 Å². The molecule has 1 atom stereocenters. The largest absolute Gasteiger partial charge is 0.480 e. The Hall–Kier alpha value is -1.92. The molecule has 2 rings (SSSR count). The molecule has 126 valence electrons. The van der Waals surface area contributed by atoms with Gasteiger partial charge < -0.3 is 19.5 Å². The van der Waals surface area contributed by atoms with E-state index in [4.69, 9.17) is 14.6 Å². The maximum Gasteiger partial charge on any atom is 0.323 e. The van der Waals surface area contributed by atoms with Crippen LogP contribution in [0.15, 0.2) is 30.3 Å². The average molecular weight is 321 g/mol. The van der Waals surface area contributed by atoms with E-state index in [-0.39, 0.29) is 38.1 Å². The standard InChI is InChI=1S/C17H23NO5/c19-16(8-10-22-13-15-7-4-9-23-15)18(12-17(20)21)11-14-5-2-1-3-6-14/h1-3,5-6,15H,4,7-13H2,(H,20,21). The van der Waals surface area contributed by atoms with E-state index >= 15 is 0 Å². The zero-order chi connectivity index (χ0) is 16.5. The summed E-state index contributed by atoms with van der Waals surface area (Å²) >= 11 is 0. The molecule has 0 aliphatic carbocycles. The molecule has 1 heterocycles. The maximum absolute atomic E-state index is 12.2. The van der Waals surface area contributed by atoms with Crippen molar-refractivity contribution in [2.45, 2.75) is 31.9 Å². The van der Waals surface area contributed by atoms with Crippen LogP contribution in [0.2, 0.25) is 0 Å². The van der Waals surface area contributed by atoms with Crippen molar-refractivity contribution in [1.82, 2.24) is 4.90 Å². The minimum absolute atomic E-state index is 0.129. The number of rotatable bonds is 9. The van der Waals surface area contributed by atoms with Gasteiger partial charge in [-0.1, -0.05) is 30.3 Å². The lowest BCUT2D eigenvalue weighted by molar-refractivity contribution is -0.145. The highest BCUT2D eigenvalue weighted by atomic mass is 16.5. The summed E-state index contributed by atoms with van der Waals surface area (Å²) < 4.78 is 10.9. The number of ether oxygens (including phenoxy) is 2. The number of aliphatic carboxylic acids is 1. The monoisotopic (exact) mass is 321 g/mol. The van der Waals surface area contributed by atoms with Crippen molar-refractivity contribution in [2.75, 3.05) is 26.4 Å². The van der Waals surface area contributed by atoms with Crippen LogP contribution in [0.4, 0.5) is 0 Å². The minimum atomic E-state index is -1.02. The Morgan fingerprint density at radius 2 is 2.09 bits per heavy atom. The number of nitrogens with zero attached hydrogens (tertiary/aromatic N) is 1. The Bertz CT molecular complexity index is 499. The van der Waals surface area contributed by atoms with Crippen molar-refractivity contribution < 1.29 is 24.2 Å². The van der Waals surface area contributed by atoms with Gasteiger partial charge >= 0.3 is 5.97 Å². The SMILES string of the molecule is O=C(O)CN(Cc1ccccc1)C(=O)CCOCC1CCCO1. The smallest absolute Gasteiger partial charge is 0.323 e. The molecule has 0 aromatic heterocycles. The molecule has 6 nitrogen and oxygen atoms in total. The number of carbonyl (C=O) groups excluding carboxylic acids is 1. The molecular formula is C17H23NO5. The van der Waals surface area contributed by atoms with Crippen LogP contribution in [0.5, 0.6) is 0 Å². The molecule has 0 saturated carbocycles. The van der Waals surface area contributed by atoms with E-state index in [1.54, 1.807) is 0 Å². The summed E-state index contributed by atoms with van der Waals surface area (Å²) in [5, 5.41) is 8.98. The van der Waals surface area contributed by atoms with Gasteiger partial charge in [-0.25, -0.2) is 0 Å². The minimum Gasteiger partial charge on any atom is -0.480 e. The first-order valence-electron chi connectivity index (χ1n) is 7.88. The van der Waals surface area contributed by atoms with E-state index < -0.39 is 5.97 Å². The average Bonchev–Trinajstić information content (AvgIpc) is 3.04. The maximum atomic E-state index is 12.2. The predicted octanol–water partition coefficient (Wildman–Crippen LogP) is 1.69. The lowest BCUT2D eigenvalue weighted by Crippen LogP contribution is -2.35. The van der Waals surface area contributed by atoms with Gasteiger partial charge in [-0.2, -0.15) is 0 Å². The second kappa shape index (κ2) is 9.27. The van der Waals surface area contributed by atoms with Gasteiger partial charge in [-0.05, 0) is 18.4 Å². The Kier molecular flexibility index (Phi) is 7.03. The molecule has 1 aliphatic heterocycles. The van der Waals surface area contributed by atoms with Crippen molar-refractivity contribution >= 4 is 11.9 Å². The van der Waals surface area contributed by atoms with Crippen molar-refractivity contribution in [3.63, 3.8) is 0 Å². The highest BCUT2D eigenvalue weighted by molar-refractivity contribution is 5.81. The molecular weight excluding hydrogens is 298 g/mol. The van der Waals surface area contributed by atoms with Crippen LogP contribution < -0.4 is 0 Å². The van der Waals surface area contributed by atoms with Crippen molar-refractivity contribution in [3.8, 4) is 0 Å². The summed E-state index contributed by atoms with van der Waals surface area (Å²) in [5.74, 6) is -1.24. The normalized spacial score (nSPS) is 17.1. The van der Waals surface area contributed by atoms with E-state index in [1.807, 2.05) is 30.3 Å². The number of carbonyl (C=O) groups is 2. The second-order valence-electron chi connectivity index (χ2n) is 5.59. The van der Waals surface area contributed by atoms with Crippen molar-refractivity contribution in [3.05, 3.63) is 35.9 Å². The third kappa shape index (κ3) is 6.38. The topological polar surface area (TPSA) is 76.1 Å². The van der Waals surface area contributed by atoms with Crippen LogP contribution in [0, 0.1) is 0 Å². The number of carboxylic acid groups (broad SMARTS) is 1. The van der Waals surface area contributed by atoms with E-state index in [2.05, 4.69) is 0 Å². The molecule has 23 heavy (non-hydrogen) atoms. The van der Waals surface area contributed by atoms with Crippen LogP contribution in [-0.2, 0) is 25.6 Å². The van der Waals surface area contributed by atoms with Crippen LogP contribution >= 0.6 is 0 Å². The molecule has 0 bridgehead atoms. The number of carboxylic acids is 1. The quantitative estimate of drug-likeness (QED) is 0.700. The van der Waals surface area contributed by atoms with Crippen LogP contribution in [0.1, 0.15) is 24.8 Å².